The van der Waals surface area contributed by atoms with Gasteiger partial charge in [-0.1, -0.05) is 42.5 Å². The molecule has 2 aromatic heterocycles. The Balaban J connectivity index is 0.000000427. The predicted molar refractivity (Wildman–Crippen MR) is 124 cm³/mol. The molecular formula is C24H23N3O4S. The van der Waals surface area contributed by atoms with Crippen LogP contribution in [0.5, 0.6) is 0 Å². The number of carbonyl (C=O) groups is 2. The minimum atomic E-state index is -1.82. The average molecular weight is 450 g/mol. The number of imidazole rings is 1. The van der Waals surface area contributed by atoms with Gasteiger partial charge in [-0.25, -0.2) is 14.6 Å². The van der Waals surface area contributed by atoms with Gasteiger partial charge in [0.15, 0.2) is 0 Å². The van der Waals surface area contributed by atoms with E-state index in [0.717, 1.165) is 12.2 Å². The van der Waals surface area contributed by atoms with Gasteiger partial charge < -0.3 is 20.1 Å². The summed E-state index contributed by atoms with van der Waals surface area (Å²) in [6.45, 7) is 3.08. The van der Waals surface area contributed by atoms with Gasteiger partial charge in [-0.3, -0.25) is 0 Å². The summed E-state index contributed by atoms with van der Waals surface area (Å²) in [5.41, 5.74) is 3.70. The summed E-state index contributed by atoms with van der Waals surface area (Å²) in [5.74, 6) is -3.65. The van der Waals surface area contributed by atoms with Gasteiger partial charge in [0, 0.05) is 40.4 Å². The van der Waals surface area contributed by atoms with Crippen LogP contribution in [0.25, 0.3) is 16.1 Å². The Hall–Kier alpha value is -3.75. The fourth-order valence-electron chi connectivity index (χ4n) is 2.95. The lowest BCUT2D eigenvalue weighted by Crippen LogP contribution is -2.17. The first-order valence-electron chi connectivity index (χ1n) is 9.86. The fourth-order valence-corrected chi connectivity index (χ4v) is 3.91. The van der Waals surface area contributed by atoms with Crippen molar-refractivity contribution in [2.75, 3.05) is 0 Å². The highest BCUT2D eigenvalue weighted by Crippen LogP contribution is 2.28. The van der Waals surface area contributed by atoms with Crippen LogP contribution in [0.2, 0.25) is 0 Å². The Morgan fingerprint density at radius 2 is 1.69 bits per heavy atom. The number of hydrogen-bond acceptors (Lipinski definition) is 5. The maximum atomic E-state index is 9.10. The van der Waals surface area contributed by atoms with Crippen molar-refractivity contribution in [3.8, 4) is 16.1 Å². The lowest BCUT2D eigenvalue weighted by atomic mass is 10.1. The SMILES string of the molecule is CC(NCc1ccc(-c2ccccc2)s1)c1ccc(-n2ccnc2)cc1.O=C(O)C(=O)O. The van der Waals surface area contributed by atoms with Gasteiger partial charge in [0.2, 0.25) is 0 Å². The Morgan fingerprint density at radius 1 is 1.00 bits per heavy atom. The second kappa shape index (κ2) is 11.0. The van der Waals surface area contributed by atoms with Gasteiger partial charge in [0.25, 0.3) is 0 Å². The number of nitrogens with zero attached hydrogens (tertiary/aromatic N) is 2. The van der Waals surface area contributed by atoms with Crippen LogP contribution in [-0.2, 0) is 16.1 Å². The third-order valence-electron chi connectivity index (χ3n) is 4.68. The molecule has 1 unspecified atom stereocenters. The van der Waals surface area contributed by atoms with Crippen LogP contribution in [0, 0.1) is 0 Å². The van der Waals surface area contributed by atoms with E-state index in [-0.39, 0.29) is 0 Å². The highest BCUT2D eigenvalue weighted by molar-refractivity contribution is 7.15. The molecule has 3 N–H and O–H groups in total. The Bertz CT molecular complexity index is 1130. The number of benzene rings is 2. The van der Waals surface area contributed by atoms with E-state index >= 15 is 0 Å². The first-order valence-corrected chi connectivity index (χ1v) is 10.7. The minimum absolute atomic E-state index is 0.300. The summed E-state index contributed by atoms with van der Waals surface area (Å²) in [7, 11) is 0. The Labute approximate surface area is 189 Å². The molecule has 0 radical (unpaired) electrons. The molecule has 2 heterocycles. The van der Waals surface area contributed by atoms with E-state index in [1.54, 1.807) is 6.20 Å². The standard InChI is InChI=1S/C22H21N3S.C2H2O4/c1-17(18-7-9-20(10-8-18)25-14-13-23-16-25)24-15-21-11-12-22(26-21)19-5-3-2-4-6-19;3-1(4)2(5)6/h2-14,16-17,24H,15H2,1H3;(H,3,4)(H,5,6). The number of carboxylic acid groups (broad SMARTS) is 2. The number of nitrogens with one attached hydrogen (secondary N) is 1. The molecule has 0 aliphatic carbocycles. The van der Waals surface area contributed by atoms with Crippen molar-refractivity contribution >= 4 is 23.3 Å². The van der Waals surface area contributed by atoms with E-state index in [0.29, 0.717) is 6.04 Å². The zero-order valence-electron chi connectivity index (χ0n) is 17.4. The average Bonchev–Trinajstić information content (AvgIpc) is 3.51. The molecule has 0 saturated heterocycles. The van der Waals surface area contributed by atoms with E-state index in [9.17, 15) is 0 Å². The summed E-state index contributed by atoms with van der Waals surface area (Å²) in [5, 5.41) is 18.4. The van der Waals surface area contributed by atoms with Crippen LogP contribution in [0.3, 0.4) is 0 Å². The number of aliphatic carboxylic acids is 2. The molecule has 0 bridgehead atoms. The number of carboxylic acids is 2. The van der Waals surface area contributed by atoms with Crippen LogP contribution in [-0.4, -0.2) is 31.7 Å². The number of rotatable bonds is 6. The lowest BCUT2D eigenvalue weighted by molar-refractivity contribution is -0.159. The molecule has 32 heavy (non-hydrogen) atoms. The van der Waals surface area contributed by atoms with Crippen molar-refractivity contribution in [1.82, 2.24) is 14.9 Å². The topological polar surface area (TPSA) is 104 Å². The van der Waals surface area contributed by atoms with E-state index < -0.39 is 11.9 Å². The highest BCUT2D eigenvalue weighted by atomic mass is 32.1. The van der Waals surface area contributed by atoms with E-state index in [4.69, 9.17) is 19.8 Å². The van der Waals surface area contributed by atoms with Gasteiger partial charge in [-0.05, 0) is 42.3 Å². The molecule has 0 spiro atoms. The van der Waals surface area contributed by atoms with Crippen molar-refractivity contribution in [1.29, 1.82) is 0 Å². The zero-order valence-corrected chi connectivity index (χ0v) is 18.2. The number of hydrogen-bond donors (Lipinski definition) is 3. The summed E-state index contributed by atoms with van der Waals surface area (Å²) >= 11 is 1.85. The smallest absolute Gasteiger partial charge is 0.414 e. The van der Waals surface area contributed by atoms with Crippen LogP contribution < -0.4 is 5.32 Å². The molecule has 4 aromatic rings. The van der Waals surface area contributed by atoms with Crippen LogP contribution in [0.15, 0.2) is 85.5 Å². The van der Waals surface area contributed by atoms with Gasteiger partial charge in [-0.2, -0.15) is 0 Å². The molecule has 1 atom stereocenters. The number of thiophene rings is 1. The molecule has 7 nitrogen and oxygen atoms in total. The molecule has 164 valence electrons. The van der Waals surface area contributed by atoms with E-state index in [1.807, 2.05) is 28.4 Å². The zero-order chi connectivity index (χ0) is 22.9. The van der Waals surface area contributed by atoms with Crippen LogP contribution in [0.1, 0.15) is 23.4 Å². The number of aromatic nitrogens is 2. The van der Waals surface area contributed by atoms with Crippen molar-refractivity contribution < 1.29 is 19.8 Å². The van der Waals surface area contributed by atoms with Crippen molar-refractivity contribution in [3.05, 3.63) is 95.9 Å². The van der Waals surface area contributed by atoms with Crippen LogP contribution >= 0.6 is 11.3 Å². The molecule has 2 aromatic carbocycles. The summed E-state index contributed by atoms with van der Waals surface area (Å²) < 4.78 is 2.01. The summed E-state index contributed by atoms with van der Waals surface area (Å²) in [6, 6.07) is 23.9. The lowest BCUT2D eigenvalue weighted by Gasteiger charge is -2.14. The maximum absolute atomic E-state index is 9.10. The second-order valence-electron chi connectivity index (χ2n) is 6.91. The Kier molecular flexibility index (Phi) is 7.91. The van der Waals surface area contributed by atoms with E-state index in [2.05, 4.69) is 84.0 Å². The molecular weight excluding hydrogens is 426 g/mol. The molecule has 0 fully saturated rings. The van der Waals surface area contributed by atoms with Gasteiger partial charge in [-0.15, -0.1) is 11.3 Å². The van der Waals surface area contributed by atoms with Gasteiger partial charge in [0.1, 0.15) is 0 Å². The van der Waals surface area contributed by atoms with Crippen molar-refractivity contribution in [2.45, 2.75) is 19.5 Å². The molecule has 0 amide bonds. The van der Waals surface area contributed by atoms with E-state index in [1.165, 1.54) is 20.9 Å². The highest BCUT2D eigenvalue weighted by Gasteiger charge is 2.08. The first-order chi connectivity index (χ1) is 15.4. The second-order valence-corrected chi connectivity index (χ2v) is 8.07. The van der Waals surface area contributed by atoms with Crippen molar-refractivity contribution in [2.24, 2.45) is 0 Å². The largest absolute Gasteiger partial charge is 0.473 e. The third kappa shape index (κ3) is 6.37. The summed E-state index contributed by atoms with van der Waals surface area (Å²) in [4.78, 5) is 25.0. The third-order valence-corrected chi connectivity index (χ3v) is 5.82. The summed E-state index contributed by atoms with van der Waals surface area (Å²) in [6.07, 6.45) is 5.57. The van der Waals surface area contributed by atoms with Gasteiger partial charge in [0.05, 0.1) is 6.33 Å². The maximum Gasteiger partial charge on any atom is 0.414 e. The van der Waals surface area contributed by atoms with Crippen molar-refractivity contribution in [3.63, 3.8) is 0 Å². The predicted octanol–water partition coefficient (Wildman–Crippen LogP) is 4.61. The fraction of sp³-hybridized carbons (Fsp3) is 0.125. The normalized spacial score (nSPS) is 11.3. The molecule has 0 saturated carbocycles. The molecule has 4 rings (SSSR count). The molecule has 8 heteroatoms. The van der Waals surface area contributed by atoms with Crippen LogP contribution in [0.4, 0.5) is 0 Å². The monoisotopic (exact) mass is 449 g/mol. The Morgan fingerprint density at radius 3 is 2.28 bits per heavy atom. The molecule has 0 aliphatic rings. The molecule has 0 aliphatic heterocycles. The van der Waals surface area contributed by atoms with Gasteiger partial charge >= 0.3 is 11.9 Å². The minimum Gasteiger partial charge on any atom is -0.473 e. The quantitative estimate of drug-likeness (QED) is 0.372. The first kappa shape index (κ1) is 22.9.